The minimum Gasteiger partial charge on any atom is -0.490 e. The standard InChI is InChI=1S/C16H19NO3/c1-11-8-13(10-20-11)16(17-2)12-4-5-14-15(9-12)19-7-3-6-18-14/h4-5,8-10,16-17H,3,6-7H2,1-2H3. The highest BCUT2D eigenvalue weighted by molar-refractivity contribution is 5.46. The molecule has 1 unspecified atom stereocenters. The van der Waals surface area contributed by atoms with Crippen LogP contribution >= 0.6 is 0 Å². The molecule has 0 amide bonds. The molecule has 2 heterocycles. The molecule has 4 nitrogen and oxygen atoms in total. The summed E-state index contributed by atoms with van der Waals surface area (Å²) in [5, 5.41) is 3.31. The van der Waals surface area contributed by atoms with Gasteiger partial charge in [-0.05, 0) is 37.7 Å². The Morgan fingerprint density at radius 2 is 1.85 bits per heavy atom. The van der Waals surface area contributed by atoms with Crippen LogP contribution in [0.1, 0.15) is 29.3 Å². The fourth-order valence-corrected chi connectivity index (χ4v) is 2.50. The van der Waals surface area contributed by atoms with E-state index in [4.69, 9.17) is 13.9 Å². The van der Waals surface area contributed by atoms with Crippen molar-refractivity contribution in [2.24, 2.45) is 0 Å². The van der Waals surface area contributed by atoms with Crippen LogP contribution in [0, 0.1) is 6.92 Å². The Morgan fingerprint density at radius 1 is 1.05 bits per heavy atom. The van der Waals surface area contributed by atoms with Gasteiger partial charge in [0.15, 0.2) is 11.5 Å². The van der Waals surface area contributed by atoms with Crippen LogP contribution < -0.4 is 14.8 Å². The molecule has 0 saturated heterocycles. The van der Waals surface area contributed by atoms with Gasteiger partial charge in [-0.3, -0.25) is 0 Å². The van der Waals surface area contributed by atoms with Gasteiger partial charge in [-0.2, -0.15) is 0 Å². The molecule has 1 aromatic carbocycles. The number of nitrogens with one attached hydrogen (secondary N) is 1. The summed E-state index contributed by atoms with van der Waals surface area (Å²) in [5.74, 6) is 2.56. The van der Waals surface area contributed by atoms with Gasteiger partial charge in [-0.15, -0.1) is 0 Å². The average molecular weight is 273 g/mol. The second-order valence-electron chi connectivity index (χ2n) is 4.97. The first-order valence-electron chi connectivity index (χ1n) is 6.90. The van der Waals surface area contributed by atoms with Crippen LogP contribution in [0.25, 0.3) is 0 Å². The van der Waals surface area contributed by atoms with E-state index in [1.54, 1.807) is 6.26 Å². The Bertz CT molecular complexity index is 591. The van der Waals surface area contributed by atoms with Crippen LogP contribution in [-0.2, 0) is 0 Å². The number of hydrogen-bond donors (Lipinski definition) is 1. The van der Waals surface area contributed by atoms with E-state index in [0.717, 1.165) is 34.8 Å². The fraction of sp³-hybridized carbons (Fsp3) is 0.375. The molecule has 0 spiro atoms. The summed E-state index contributed by atoms with van der Waals surface area (Å²) in [6, 6.07) is 8.23. The maximum Gasteiger partial charge on any atom is 0.161 e. The van der Waals surface area contributed by atoms with Crippen LogP contribution in [0.15, 0.2) is 34.9 Å². The molecule has 0 radical (unpaired) electrons. The highest BCUT2D eigenvalue weighted by atomic mass is 16.5. The third kappa shape index (κ3) is 2.51. The van der Waals surface area contributed by atoms with Crippen LogP contribution in [0.4, 0.5) is 0 Å². The Kier molecular flexibility index (Phi) is 3.65. The third-order valence-corrected chi connectivity index (χ3v) is 3.48. The second-order valence-corrected chi connectivity index (χ2v) is 4.97. The molecule has 2 aromatic rings. The maximum absolute atomic E-state index is 5.75. The minimum absolute atomic E-state index is 0.0876. The largest absolute Gasteiger partial charge is 0.490 e. The number of hydrogen-bond acceptors (Lipinski definition) is 4. The van der Waals surface area contributed by atoms with E-state index in [0.29, 0.717) is 13.2 Å². The van der Waals surface area contributed by atoms with Crippen molar-refractivity contribution in [3.8, 4) is 11.5 Å². The van der Waals surface area contributed by atoms with E-state index in [2.05, 4.69) is 11.4 Å². The lowest BCUT2D eigenvalue weighted by molar-refractivity contribution is 0.297. The summed E-state index contributed by atoms with van der Waals surface area (Å²) in [6.07, 6.45) is 2.71. The second kappa shape index (κ2) is 5.59. The molecule has 4 heteroatoms. The number of aryl methyl sites for hydroxylation is 1. The van der Waals surface area contributed by atoms with Crippen molar-refractivity contribution >= 4 is 0 Å². The highest BCUT2D eigenvalue weighted by Gasteiger charge is 2.18. The molecule has 106 valence electrons. The van der Waals surface area contributed by atoms with Crippen LogP contribution in [-0.4, -0.2) is 20.3 Å². The normalized spacial score (nSPS) is 15.7. The fourth-order valence-electron chi connectivity index (χ4n) is 2.50. The van der Waals surface area contributed by atoms with Crippen molar-refractivity contribution in [3.05, 3.63) is 47.4 Å². The molecule has 1 atom stereocenters. The molecule has 0 aliphatic carbocycles. The number of rotatable bonds is 3. The zero-order valence-corrected chi connectivity index (χ0v) is 11.8. The van der Waals surface area contributed by atoms with Gasteiger partial charge in [0.1, 0.15) is 5.76 Å². The van der Waals surface area contributed by atoms with E-state index in [9.17, 15) is 0 Å². The number of fused-ring (bicyclic) bond motifs is 1. The van der Waals surface area contributed by atoms with Crippen molar-refractivity contribution in [1.82, 2.24) is 5.32 Å². The molecule has 20 heavy (non-hydrogen) atoms. The van der Waals surface area contributed by atoms with Gasteiger partial charge < -0.3 is 19.2 Å². The zero-order chi connectivity index (χ0) is 13.9. The monoisotopic (exact) mass is 273 g/mol. The van der Waals surface area contributed by atoms with Gasteiger partial charge in [0.05, 0.1) is 25.5 Å². The molecule has 0 bridgehead atoms. The third-order valence-electron chi connectivity index (χ3n) is 3.48. The van der Waals surface area contributed by atoms with Crippen LogP contribution in [0.5, 0.6) is 11.5 Å². The summed E-state index contributed by atoms with van der Waals surface area (Å²) in [7, 11) is 1.94. The van der Waals surface area contributed by atoms with Crippen molar-refractivity contribution in [1.29, 1.82) is 0 Å². The summed E-state index contributed by atoms with van der Waals surface area (Å²) >= 11 is 0. The predicted octanol–water partition coefficient (Wildman–Crippen LogP) is 3.06. The van der Waals surface area contributed by atoms with E-state index < -0.39 is 0 Å². The molecular formula is C16H19NO3. The van der Waals surface area contributed by atoms with Crippen molar-refractivity contribution in [3.63, 3.8) is 0 Å². The molecule has 0 saturated carbocycles. The number of furan rings is 1. The Labute approximate surface area is 118 Å². The Hall–Kier alpha value is -1.94. The van der Waals surface area contributed by atoms with Crippen molar-refractivity contribution < 1.29 is 13.9 Å². The zero-order valence-electron chi connectivity index (χ0n) is 11.8. The van der Waals surface area contributed by atoms with Gasteiger partial charge in [0.25, 0.3) is 0 Å². The predicted molar refractivity (Wildman–Crippen MR) is 76.4 cm³/mol. The molecule has 1 aliphatic heterocycles. The average Bonchev–Trinajstić information content (AvgIpc) is 2.75. The quantitative estimate of drug-likeness (QED) is 0.933. The highest BCUT2D eigenvalue weighted by Crippen LogP contribution is 2.34. The van der Waals surface area contributed by atoms with Gasteiger partial charge in [0, 0.05) is 12.0 Å². The summed E-state index contributed by atoms with van der Waals surface area (Å²) in [4.78, 5) is 0. The number of benzene rings is 1. The first kappa shape index (κ1) is 13.1. The van der Waals surface area contributed by atoms with Crippen LogP contribution in [0.2, 0.25) is 0 Å². The van der Waals surface area contributed by atoms with Gasteiger partial charge in [-0.25, -0.2) is 0 Å². The molecule has 1 aliphatic rings. The summed E-state index contributed by atoms with van der Waals surface area (Å²) in [5.41, 5.74) is 2.25. The summed E-state index contributed by atoms with van der Waals surface area (Å²) < 4.78 is 16.8. The van der Waals surface area contributed by atoms with Gasteiger partial charge >= 0.3 is 0 Å². The molecular weight excluding hydrogens is 254 g/mol. The molecule has 1 aromatic heterocycles. The van der Waals surface area contributed by atoms with Crippen molar-refractivity contribution in [2.45, 2.75) is 19.4 Å². The van der Waals surface area contributed by atoms with E-state index in [1.165, 1.54) is 0 Å². The van der Waals surface area contributed by atoms with E-state index in [-0.39, 0.29) is 6.04 Å². The maximum atomic E-state index is 5.75. The molecule has 1 N–H and O–H groups in total. The lowest BCUT2D eigenvalue weighted by Gasteiger charge is -2.17. The lowest BCUT2D eigenvalue weighted by Crippen LogP contribution is -2.17. The topological polar surface area (TPSA) is 43.6 Å². The lowest BCUT2D eigenvalue weighted by atomic mass is 10.0. The van der Waals surface area contributed by atoms with E-state index >= 15 is 0 Å². The Morgan fingerprint density at radius 3 is 2.55 bits per heavy atom. The van der Waals surface area contributed by atoms with Gasteiger partial charge in [-0.1, -0.05) is 6.07 Å². The van der Waals surface area contributed by atoms with Crippen molar-refractivity contribution in [2.75, 3.05) is 20.3 Å². The smallest absolute Gasteiger partial charge is 0.161 e. The first-order valence-corrected chi connectivity index (χ1v) is 6.90. The summed E-state index contributed by atoms with van der Waals surface area (Å²) in [6.45, 7) is 3.36. The first-order chi connectivity index (χ1) is 9.78. The minimum atomic E-state index is 0.0876. The van der Waals surface area contributed by atoms with Gasteiger partial charge in [0.2, 0.25) is 0 Å². The van der Waals surface area contributed by atoms with Crippen LogP contribution in [0.3, 0.4) is 0 Å². The SMILES string of the molecule is CNC(c1coc(C)c1)c1ccc2c(c1)OCCCO2. The molecule has 3 rings (SSSR count). The van der Waals surface area contributed by atoms with E-state index in [1.807, 2.05) is 32.2 Å². The number of ether oxygens (including phenoxy) is 2. The Balaban J connectivity index is 1.94. The molecule has 0 fully saturated rings.